The van der Waals surface area contributed by atoms with Crippen molar-refractivity contribution in [2.75, 3.05) is 16.6 Å². The molecule has 3 aromatic rings. The van der Waals surface area contributed by atoms with Crippen molar-refractivity contribution in [2.24, 2.45) is 0 Å². The van der Waals surface area contributed by atoms with Crippen molar-refractivity contribution >= 4 is 60.8 Å². The van der Waals surface area contributed by atoms with E-state index in [9.17, 15) is 13.2 Å². The number of rotatable bonds is 8. The average Bonchev–Trinajstić information content (AvgIpc) is 2.77. The van der Waals surface area contributed by atoms with Crippen LogP contribution < -0.4 is 20.1 Å². The molecule has 0 radical (unpaired) electrons. The number of nitrogens with one attached hydrogen (secondary N) is 3. The first-order chi connectivity index (χ1) is 16.6. The van der Waals surface area contributed by atoms with Gasteiger partial charge < -0.3 is 10.1 Å². The summed E-state index contributed by atoms with van der Waals surface area (Å²) < 4.78 is 33.9. The second kappa shape index (κ2) is 11.6. The Morgan fingerprint density at radius 3 is 2.31 bits per heavy atom. The van der Waals surface area contributed by atoms with Gasteiger partial charge >= 0.3 is 0 Å². The molecule has 1 heterocycles. The first kappa shape index (κ1) is 26.5. The topological polar surface area (TPSA) is 122 Å². The van der Waals surface area contributed by atoms with Crippen molar-refractivity contribution in [1.82, 2.24) is 15.3 Å². The second-order valence-corrected chi connectivity index (χ2v) is 10.5. The predicted octanol–water partition coefficient (Wildman–Crippen LogP) is 4.11. The summed E-state index contributed by atoms with van der Waals surface area (Å²) in [5.41, 5.74) is 2.94. The number of nitrogens with zero attached hydrogens (tertiary/aromatic N) is 2. The Hall–Kier alpha value is -3.09. The Balaban J connectivity index is 1.54. The van der Waals surface area contributed by atoms with Gasteiger partial charge in [0.1, 0.15) is 5.75 Å². The fraction of sp³-hybridized carbons (Fsp3) is 0.217. The summed E-state index contributed by atoms with van der Waals surface area (Å²) in [5, 5.41) is 5.41. The zero-order valence-electron chi connectivity index (χ0n) is 19.3. The summed E-state index contributed by atoms with van der Waals surface area (Å²) in [7, 11) is -3.88. The van der Waals surface area contributed by atoms with Crippen LogP contribution in [0.1, 0.15) is 23.9 Å². The monoisotopic (exact) mass is 577 g/mol. The Morgan fingerprint density at radius 2 is 1.71 bits per heavy atom. The highest BCUT2D eigenvalue weighted by atomic mass is 79.9. The normalized spacial score (nSPS) is 11.0. The molecule has 0 unspecified atom stereocenters. The summed E-state index contributed by atoms with van der Waals surface area (Å²) in [6.45, 7) is 5.33. The van der Waals surface area contributed by atoms with E-state index in [1.54, 1.807) is 26.0 Å². The van der Waals surface area contributed by atoms with E-state index in [2.05, 4.69) is 41.3 Å². The number of aromatic nitrogens is 2. The van der Waals surface area contributed by atoms with Gasteiger partial charge in [-0.25, -0.2) is 23.1 Å². The number of thiocarbonyl (C=S) groups is 1. The predicted molar refractivity (Wildman–Crippen MR) is 142 cm³/mol. The van der Waals surface area contributed by atoms with Crippen molar-refractivity contribution < 1.29 is 17.9 Å². The molecule has 0 fully saturated rings. The molecule has 0 spiro atoms. The largest absolute Gasteiger partial charge is 0.483 e. The van der Waals surface area contributed by atoms with Crippen LogP contribution in [0.25, 0.3) is 0 Å². The molecule has 0 bridgehead atoms. The summed E-state index contributed by atoms with van der Waals surface area (Å²) in [4.78, 5) is 20.4. The summed E-state index contributed by atoms with van der Waals surface area (Å²) in [6, 6.07) is 13.3. The van der Waals surface area contributed by atoms with Crippen LogP contribution in [0.5, 0.6) is 5.75 Å². The highest BCUT2D eigenvalue weighted by molar-refractivity contribution is 9.10. The Labute approximate surface area is 217 Å². The molecule has 0 atom stereocenters. The Kier molecular flexibility index (Phi) is 8.76. The molecule has 9 nitrogen and oxygen atoms in total. The van der Waals surface area contributed by atoms with Gasteiger partial charge in [-0.2, -0.15) is 0 Å². The van der Waals surface area contributed by atoms with Gasteiger partial charge in [-0.05, 0) is 96.4 Å². The lowest BCUT2D eigenvalue weighted by molar-refractivity contribution is -0.121. The van der Waals surface area contributed by atoms with Crippen LogP contribution >= 0.6 is 28.1 Å². The zero-order chi connectivity index (χ0) is 25.6. The fourth-order valence-electron chi connectivity index (χ4n) is 3.02. The smallest absolute Gasteiger partial charge is 0.264 e. The lowest BCUT2D eigenvalue weighted by Crippen LogP contribution is -2.37. The third kappa shape index (κ3) is 7.70. The zero-order valence-corrected chi connectivity index (χ0v) is 22.5. The van der Waals surface area contributed by atoms with Gasteiger partial charge in [0.2, 0.25) is 5.95 Å². The van der Waals surface area contributed by atoms with Crippen molar-refractivity contribution in [3.63, 3.8) is 0 Å². The minimum atomic E-state index is -3.88. The number of halogens is 1. The Morgan fingerprint density at radius 1 is 1.06 bits per heavy atom. The number of anilines is 2. The fourth-order valence-corrected chi connectivity index (χ4v) is 4.73. The molecule has 0 aliphatic heterocycles. The van der Waals surface area contributed by atoms with Gasteiger partial charge in [-0.1, -0.05) is 13.0 Å². The van der Waals surface area contributed by atoms with E-state index in [1.165, 1.54) is 24.3 Å². The number of carbonyl (C=O) groups is 1. The number of amides is 1. The first-order valence-corrected chi connectivity index (χ1v) is 13.2. The van der Waals surface area contributed by atoms with Gasteiger partial charge in [-0.15, -0.1) is 0 Å². The Bertz CT molecular complexity index is 1330. The molecular formula is C23H24BrN5O4S2. The van der Waals surface area contributed by atoms with Crippen molar-refractivity contribution in [3.05, 3.63) is 70.0 Å². The third-order valence-electron chi connectivity index (χ3n) is 4.65. The molecule has 0 saturated carbocycles. The molecule has 35 heavy (non-hydrogen) atoms. The molecule has 3 N–H and O–H groups in total. The highest BCUT2D eigenvalue weighted by Crippen LogP contribution is 2.26. The number of ether oxygens (including phenoxy) is 1. The maximum atomic E-state index is 12.6. The molecule has 0 aliphatic carbocycles. The SMILES string of the molecule is CCc1ccc(OCC(=O)NC(=S)Nc2ccc(S(=O)(=O)Nc3nc(C)cc(C)n3)cc2)c(Br)c1. The van der Waals surface area contributed by atoms with E-state index in [0.29, 0.717) is 22.8 Å². The van der Waals surface area contributed by atoms with E-state index in [-0.39, 0.29) is 22.6 Å². The molecule has 3 rings (SSSR count). The first-order valence-electron chi connectivity index (χ1n) is 10.5. The molecule has 184 valence electrons. The lowest BCUT2D eigenvalue weighted by Gasteiger charge is -2.12. The summed E-state index contributed by atoms with van der Waals surface area (Å²) in [6.07, 6.45) is 0.892. The molecule has 1 amide bonds. The van der Waals surface area contributed by atoms with E-state index < -0.39 is 15.9 Å². The molecule has 1 aromatic heterocycles. The van der Waals surface area contributed by atoms with E-state index >= 15 is 0 Å². The van der Waals surface area contributed by atoms with Gasteiger partial charge in [-0.3, -0.25) is 10.1 Å². The number of sulfonamides is 1. The van der Waals surface area contributed by atoms with Gasteiger partial charge in [0.15, 0.2) is 11.7 Å². The van der Waals surface area contributed by atoms with Crippen molar-refractivity contribution in [3.8, 4) is 5.75 Å². The van der Waals surface area contributed by atoms with Crippen LogP contribution in [0.2, 0.25) is 0 Å². The summed E-state index contributed by atoms with van der Waals surface area (Å²) in [5.74, 6) is 0.114. The third-order valence-corrected chi connectivity index (χ3v) is 6.81. The standard InChI is InChI=1S/C23H24BrN5O4S2/c1-4-16-5-10-20(19(24)12-16)33-13-21(30)28-23(34)27-17-6-8-18(9-7-17)35(31,32)29-22-25-14(2)11-15(3)26-22/h5-12H,4,13H2,1-3H3,(H,25,26,29)(H2,27,28,30,34). The van der Waals surface area contributed by atoms with Gasteiger partial charge in [0.05, 0.1) is 9.37 Å². The van der Waals surface area contributed by atoms with E-state index in [4.69, 9.17) is 17.0 Å². The molecule has 12 heteroatoms. The lowest BCUT2D eigenvalue weighted by atomic mass is 10.2. The highest BCUT2D eigenvalue weighted by Gasteiger charge is 2.16. The maximum absolute atomic E-state index is 12.6. The molecular weight excluding hydrogens is 554 g/mol. The van der Waals surface area contributed by atoms with E-state index in [1.807, 2.05) is 19.1 Å². The molecule has 0 aliphatic rings. The van der Waals surface area contributed by atoms with E-state index in [0.717, 1.165) is 16.5 Å². The van der Waals surface area contributed by atoms with Gasteiger partial charge in [0, 0.05) is 17.1 Å². The number of hydrogen-bond donors (Lipinski definition) is 3. The average molecular weight is 579 g/mol. The molecule has 2 aromatic carbocycles. The van der Waals surface area contributed by atoms with Gasteiger partial charge in [0.25, 0.3) is 15.9 Å². The minimum absolute atomic E-state index is 0.00384. The van der Waals surface area contributed by atoms with Crippen LogP contribution in [-0.4, -0.2) is 36.0 Å². The van der Waals surface area contributed by atoms with Crippen LogP contribution in [-0.2, 0) is 21.2 Å². The van der Waals surface area contributed by atoms with Crippen LogP contribution in [0.3, 0.4) is 0 Å². The number of hydrogen-bond acceptors (Lipinski definition) is 7. The minimum Gasteiger partial charge on any atom is -0.483 e. The maximum Gasteiger partial charge on any atom is 0.264 e. The second-order valence-electron chi connectivity index (χ2n) is 7.51. The van der Waals surface area contributed by atoms with Crippen molar-refractivity contribution in [1.29, 1.82) is 0 Å². The quantitative estimate of drug-likeness (QED) is 0.342. The van der Waals surface area contributed by atoms with Crippen LogP contribution in [0, 0.1) is 13.8 Å². The van der Waals surface area contributed by atoms with Crippen LogP contribution in [0.4, 0.5) is 11.6 Å². The number of carbonyl (C=O) groups excluding carboxylic acids is 1. The molecule has 0 saturated heterocycles. The van der Waals surface area contributed by atoms with Crippen molar-refractivity contribution in [2.45, 2.75) is 32.1 Å². The van der Waals surface area contributed by atoms with Crippen LogP contribution in [0.15, 0.2) is 57.9 Å². The number of aryl methyl sites for hydroxylation is 3. The number of benzene rings is 2. The summed E-state index contributed by atoms with van der Waals surface area (Å²) >= 11 is 8.59.